The van der Waals surface area contributed by atoms with Crippen LogP contribution < -0.4 is 15.4 Å². The van der Waals surface area contributed by atoms with Crippen LogP contribution >= 0.6 is 11.6 Å². The summed E-state index contributed by atoms with van der Waals surface area (Å²) in [6, 6.07) is 10.6. The first kappa shape index (κ1) is 18.7. The number of benzene rings is 2. The number of ether oxygens (including phenoxy) is 1. The Morgan fingerprint density at radius 1 is 1.16 bits per heavy atom. The molecule has 0 heterocycles. The summed E-state index contributed by atoms with van der Waals surface area (Å²) in [7, 11) is 0. The molecule has 0 aliphatic rings. The number of nitrogens with one attached hydrogen (secondary N) is 2. The van der Waals surface area contributed by atoms with Crippen molar-refractivity contribution in [1.29, 1.82) is 0 Å². The number of hydrogen-bond acceptors (Lipinski definition) is 3. The number of amides is 2. The fourth-order valence-electron chi connectivity index (χ4n) is 1.97. The van der Waals surface area contributed by atoms with Gasteiger partial charge in [-0.2, -0.15) is 8.78 Å². The highest BCUT2D eigenvalue weighted by Crippen LogP contribution is 2.29. The van der Waals surface area contributed by atoms with Crippen molar-refractivity contribution in [3.05, 3.63) is 58.6 Å². The first-order valence-electron chi connectivity index (χ1n) is 7.24. The molecule has 0 aliphatic carbocycles. The van der Waals surface area contributed by atoms with E-state index in [9.17, 15) is 18.4 Å². The lowest BCUT2D eigenvalue weighted by Crippen LogP contribution is -2.19. The van der Waals surface area contributed by atoms with Crippen molar-refractivity contribution in [2.45, 2.75) is 20.1 Å². The second-order valence-corrected chi connectivity index (χ2v) is 5.49. The van der Waals surface area contributed by atoms with E-state index < -0.39 is 6.61 Å². The summed E-state index contributed by atoms with van der Waals surface area (Å²) in [5.74, 6) is -0.695. The van der Waals surface area contributed by atoms with Crippen molar-refractivity contribution >= 4 is 29.1 Å². The minimum atomic E-state index is -2.98. The Morgan fingerprint density at radius 3 is 2.40 bits per heavy atom. The molecule has 2 rings (SSSR count). The molecule has 2 amide bonds. The van der Waals surface area contributed by atoms with Crippen LogP contribution in [0.25, 0.3) is 0 Å². The number of carbonyl (C=O) groups is 2. The third-order valence-electron chi connectivity index (χ3n) is 3.16. The van der Waals surface area contributed by atoms with Gasteiger partial charge in [0.1, 0.15) is 5.75 Å². The van der Waals surface area contributed by atoms with E-state index in [0.717, 1.165) is 5.56 Å². The van der Waals surface area contributed by atoms with Gasteiger partial charge in [-0.15, -0.1) is 0 Å². The standard InChI is InChI=1S/C17H15ClF2N2O3/c1-10(23)21-9-11-2-4-12(5-3-11)16(24)22-13-6-7-15(14(18)8-13)25-17(19)20/h2-8,17H,9H2,1H3,(H,21,23)(H,22,24). The van der Waals surface area contributed by atoms with Crippen molar-refractivity contribution in [3.8, 4) is 5.75 Å². The molecular formula is C17H15ClF2N2O3. The Kier molecular flexibility index (Phi) is 6.30. The maximum absolute atomic E-state index is 12.2. The molecule has 25 heavy (non-hydrogen) atoms. The van der Waals surface area contributed by atoms with Gasteiger partial charge in [0.2, 0.25) is 5.91 Å². The minimum absolute atomic E-state index is 0.0382. The van der Waals surface area contributed by atoms with Crippen LogP contribution in [0, 0.1) is 0 Å². The van der Waals surface area contributed by atoms with Gasteiger partial charge in [0.15, 0.2) is 0 Å². The highest BCUT2D eigenvalue weighted by Gasteiger charge is 2.11. The van der Waals surface area contributed by atoms with E-state index in [2.05, 4.69) is 15.4 Å². The molecule has 0 unspecified atom stereocenters. The number of halogens is 3. The van der Waals surface area contributed by atoms with E-state index in [1.165, 1.54) is 25.1 Å². The quantitative estimate of drug-likeness (QED) is 0.814. The summed E-state index contributed by atoms with van der Waals surface area (Å²) in [4.78, 5) is 23.1. The Hall–Kier alpha value is -2.67. The predicted molar refractivity (Wildman–Crippen MR) is 90.0 cm³/mol. The van der Waals surface area contributed by atoms with Gasteiger partial charge in [-0.05, 0) is 35.9 Å². The molecule has 2 N–H and O–H groups in total. The summed E-state index contributed by atoms with van der Waals surface area (Å²) in [5.41, 5.74) is 1.60. The number of rotatable bonds is 6. The Balaban J connectivity index is 2.01. The van der Waals surface area contributed by atoms with Gasteiger partial charge in [0.05, 0.1) is 5.02 Å². The van der Waals surface area contributed by atoms with Crippen LogP contribution in [0.1, 0.15) is 22.8 Å². The van der Waals surface area contributed by atoms with Gasteiger partial charge in [-0.1, -0.05) is 23.7 Å². The van der Waals surface area contributed by atoms with Crippen LogP contribution in [0.2, 0.25) is 5.02 Å². The number of carbonyl (C=O) groups excluding carboxylic acids is 2. The van der Waals surface area contributed by atoms with Crippen molar-refractivity contribution in [2.75, 3.05) is 5.32 Å². The predicted octanol–water partition coefficient (Wildman–Crippen LogP) is 3.83. The number of anilines is 1. The molecule has 0 aliphatic heterocycles. The van der Waals surface area contributed by atoms with Crippen LogP contribution in [-0.4, -0.2) is 18.4 Å². The maximum Gasteiger partial charge on any atom is 0.387 e. The molecule has 0 aromatic heterocycles. The average Bonchev–Trinajstić information content (AvgIpc) is 2.55. The molecule has 0 saturated carbocycles. The number of hydrogen-bond donors (Lipinski definition) is 2. The topological polar surface area (TPSA) is 67.4 Å². The largest absolute Gasteiger partial charge is 0.433 e. The van der Waals surface area contributed by atoms with E-state index >= 15 is 0 Å². The lowest BCUT2D eigenvalue weighted by atomic mass is 10.1. The lowest BCUT2D eigenvalue weighted by molar-refractivity contribution is -0.119. The molecule has 2 aromatic rings. The highest BCUT2D eigenvalue weighted by molar-refractivity contribution is 6.32. The lowest BCUT2D eigenvalue weighted by Gasteiger charge is -2.10. The Bertz CT molecular complexity index is 767. The molecule has 0 fully saturated rings. The molecule has 2 aromatic carbocycles. The van der Waals surface area contributed by atoms with Crippen LogP contribution in [0.3, 0.4) is 0 Å². The average molecular weight is 369 g/mol. The molecule has 0 spiro atoms. The number of alkyl halides is 2. The molecule has 132 valence electrons. The summed E-state index contributed by atoms with van der Waals surface area (Å²) in [6.07, 6.45) is 0. The van der Waals surface area contributed by atoms with Gasteiger partial charge < -0.3 is 15.4 Å². The maximum atomic E-state index is 12.2. The van der Waals surface area contributed by atoms with Gasteiger partial charge in [-0.25, -0.2) is 0 Å². The van der Waals surface area contributed by atoms with Crippen molar-refractivity contribution in [2.24, 2.45) is 0 Å². The monoisotopic (exact) mass is 368 g/mol. The molecule has 5 nitrogen and oxygen atoms in total. The SMILES string of the molecule is CC(=O)NCc1ccc(C(=O)Nc2ccc(OC(F)F)c(Cl)c2)cc1. The van der Waals surface area contributed by atoms with Crippen LogP contribution in [0.5, 0.6) is 5.75 Å². The van der Waals surface area contributed by atoms with Gasteiger partial charge in [0.25, 0.3) is 5.91 Å². The zero-order valence-electron chi connectivity index (χ0n) is 13.2. The van der Waals surface area contributed by atoms with E-state index in [4.69, 9.17) is 11.6 Å². The second kappa shape index (κ2) is 8.43. The summed E-state index contributed by atoms with van der Waals surface area (Å²) in [6.45, 7) is -1.18. The second-order valence-electron chi connectivity index (χ2n) is 5.08. The van der Waals surface area contributed by atoms with Gasteiger partial charge >= 0.3 is 6.61 Å². The van der Waals surface area contributed by atoms with Crippen LogP contribution in [-0.2, 0) is 11.3 Å². The Labute approximate surface area is 147 Å². The van der Waals surface area contributed by atoms with Crippen molar-refractivity contribution in [1.82, 2.24) is 5.32 Å². The normalized spacial score (nSPS) is 10.4. The smallest absolute Gasteiger partial charge is 0.387 e. The van der Waals surface area contributed by atoms with Gasteiger partial charge in [-0.3, -0.25) is 9.59 Å². The molecule has 8 heteroatoms. The third-order valence-corrected chi connectivity index (χ3v) is 3.46. The highest BCUT2D eigenvalue weighted by atomic mass is 35.5. The first-order chi connectivity index (χ1) is 11.8. The van der Waals surface area contributed by atoms with E-state index in [-0.39, 0.29) is 22.6 Å². The molecule has 0 radical (unpaired) electrons. The van der Waals surface area contributed by atoms with Crippen molar-refractivity contribution < 1.29 is 23.1 Å². The Morgan fingerprint density at radius 2 is 1.84 bits per heavy atom. The van der Waals surface area contributed by atoms with Crippen LogP contribution in [0.4, 0.5) is 14.5 Å². The minimum Gasteiger partial charge on any atom is -0.433 e. The van der Waals surface area contributed by atoms with Crippen LogP contribution in [0.15, 0.2) is 42.5 Å². The summed E-state index contributed by atoms with van der Waals surface area (Å²) >= 11 is 5.84. The fraction of sp³-hybridized carbons (Fsp3) is 0.176. The van der Waals surface area contributed by atoms with Gasteiger partial charge in [0, 0.05) is 24.7 Å². The fourth-order valence-corrected chi connectivity index (χ4v) is 2.20. The van der Waals surface area contributed by atoms with E-state index in [1.54, 1.807) is 24.3 Å². The zero-order chi connectivity index (χ0) is 18.4. The summed E-state index contributed by atoms with van der Waals surface area (Å²) < 4.78 is 28.6. The first-order valence-corrected chi connectivity index (χ1v) is 7.62. The van der Waals surface area contributed by atoms with E-state index in [0.29, 0.717) is 17.8 Å². The molecule has 0 atom stereocenters. The molecule has 0 saturated heterocycles. The zero-order valence-corrected chi connectivity index (χ0v) is 13.9. The van der Waals surface area contributed by atoms with E-state index in [1.807, 2.05) is 0 Å². The molecular weight excluding hydrogens is 354 g/mol. The molecule has 0 bridgehead atoms. The third kappa shape index (κ3) is 5.72. The summed E-state index contributed by atoms with van der Waals surface area (Å²) in [5, 5.41) is 5.23. The van der Waals surface area contributed by atoms with Crippen molar-refractivity contribution in [3.63, 3.8) is 0 Å².